The molecule has 0 atom stereocenters. The third-order valence-corrected chi connectivity index (χ3v) is 3.08. The summed E-state index contributed by atoms with van der Waals surface area (Å²) in [5, 5.41) is 11.6. The zero-order valence-electron chi connectivity index (χ0n) is 9.69. The summed E-state index contributed by atoms with van der Waals surface area (Å²) in [5.41, 5.74) is 1.70. The van der Waals surface area contributed by atoms with Crippen molar-refractivity contribution in [1.29, 1.82) is 0 Å². The van der Waals surface area contributed by atoms with Crippen LogP contribution in [0, 0.1) is 0 Å². The van der Waals surface area contributed by atoms with Gasteiger partial charge in [-0.3, -0.25) is 5.10 Å². The number of benzene rings is 1. The number of aromatic amines is 1. The van der Waals surface area contributed by atoms with E-state index >= 15 is 0 Å². The molecule has 0 spiro atoms. The first-order chi connectivity index (χ1) is 9.22. The molecule has 19 heavy (non-hydrogen) atoms. The fourth-order valence-corrected chi connectivity index (χ4v) is 2.03. The first kappa shape index (κ1) is 12.2. The summed E-state index contributed by atoms with van der Waals surface area (Å²) in [5.74, 6) is 0.652. The monoisotopic (exact) mass is 293 g/mol. The van der Waals surface area contributed by atoms with Crippen molar-refractivity contribution < 1.29 is 0 Å². The van der Waals surface area contributed by atoms with Gasteiger partial charge in [0.25, 0.3) is 0 Å². The molecule has 7 heteroatoms. The zero-order valence-corrected chi connectivity index (χ0v) is 11.2. The number of hydrogen-bond donors (Lipinski definition) is 2. The molecule has 3 rings (SSSR count). The molecule has 0 saturated heterocycles. The lowest BCUT2D eigenvalue weighted by atomic mass is 10.2. The predicted molar refractivity (Wildman–Crippen MR) is 75.5 cm³/mol. The number of fused-ring (bicyclic) bond motifs is 1. The number of halogens is 2. The molecule has 0 aliphatic carbocycles. The van der Waals surface area contributed by atoms with Gasteiger partial charge in [-0.25, -0.2) is 0 Å². The van der Waals surface area contributed by atoms with E-state index in [9.17, 15) is 0 Å². The average molecular weight is 294 g/mol. The molecule has 2 N–H and O–H groups in total. The Bertz CT molecular complexity index is 708. The Balaban J connectivity index is 1.85. The largest absolute Gasteiger partial charge is 0.365 e. The van der Waals surface area contributed by atoms with E-state index in [-0.39, 0.29) is 5.28 Å². The van der Waals surface area contributed by atoms with Gasteiger partial charge >= 0.3 is 0 Å². The number of rotatable bonds is 3. The second-order valence-electron chi connectivity index (χ2n) is 3.95. The highest BCUT2D eigenvalue weighted by Gasteiger charge is 2.07. The van der Waals surface area contributed by atoms with Gasteiger partial charge in [-0.1, -0.05) is 23.7 Å². The lowest BCUT2D eigenvalue weighted by Gasteiger charge is -2.06. The van der Waals surface area contributed by atoms with Crippen LogP contribution in [0.5, 0.6) is 0 Å². The van der Waals surface area contributed by atoms with Crippen LogP contribution < -0.4 is 5.32 Å². The highest BCUT2D eigenvalue weighted by Crippen LogP contribution is 2.20. The summed E-state index contributed by atoms with van der Waals surface area (Å²) in [4.78, 5) is 8.21. The van der Waals surface area contributed by atoms with E-state index in [1.165, 1.54) is 0 Å². The third-order valence-electron chi connectivity index (χ3n) is 2.66. The summed E-state index contributed by atoms with van der Waals surface area (Å²) in [6.07, 6.45) is 1.66. The van der Waals surface area contributed by atoms with E-state index in [0.29, 0.717) is 23.0 Å². The maximum Gasteiger partial charge on any atom is 0.226 e. The van der Waals surface area contributed by atoms with Gasteiger partial charge in [0, 0.05) is 11.6 Å². The first-order valence-electron chi connectivity index (χ1n) is 5.57. The van der Waals surface area contributed by atoms with Crippen molar-refractivity contribution in [3.05, 3.63) is 46.3 Å². The van der Waals surface area contributed by atoms with Crippen LogP contribution in [-0.2, 0) is 6.54 Å². The molecule has 96 valence electrons. The number of aromatic nitrogens is 4. The van der Waals surface area contributed by atoms with Crippen LogP contribution in [-0.4, -0.2) is 20.2 Å². The minimum absolute atomic E-state index is 0.176. The zero-order chi connectivity index (χ0) is 13.2. The van der Waals surface area contributed by atoms with Crippen LogP contribution in [0.2, 0.25) is 10.3 Å². The molecule has 2 heterocycles. The Hall–Kier alpha value is -1.85. The quantitative estimate of drug-likeness (QED) is 0.727. The minimum atomic E-state index is 0.176. The molecule has 0 radical (unpaired) electrons. The topological polar surface area (TPSA) is 66.5 Å². The van der Waals surface area contributed by atoms with Crippen molar-refractivity contribution in [2.75, 3.05) is 5.32 Å². The second kappa shape index (κ2) is 5.03. The van der Waals surface area contributed by atoms with E-state index in [1.807, 2.05) is 24.3 Å². The third kappa shape index (κ3) is 2.62. The minimum Gasteiger partial charge on any atom is -0.365 e. The van der Waals surface area contributed by atoms with Crippen LogP contribution in [0.4, 0.5) is 5.82 Å². The van der Waals surface area contributed by atoms with Gasteiger partial charge in [-0.2, -0.15) is 15.1 Å². The van der Waals surface area contributed by atoms with Crippen molar-refractivity contribution >= 4 is 40.1 Å². The fraction of sp³-hybridized carbons (Fsp3) is 0.0833. The Kier molecular flexibility index (Phi) is 3.23. The maximum atomic E-state index is 5.86. The molecule has 0 unspecified atom stereocenters. The van der Waals surface area contributed by atoms with Crippen molar-refractivity contribution in [1.82, 2.24) is 20.2 Å². The Labute approximate surface area is 119 Å². The normalized spacial score (nSPS) is 10.8. The first-order valence-corrected chi connectivity index (χ1v) is 6.33. The van der Waals surface area contributed by atoms with E-state index in [4.69, 9.17) is 23.2 Å². The van der Waals surface area contributed by atoms with Crippen LogP contribution in [0.1, 0.15) is 5.56 Å². The highest BCUT2D eigenvalue weighted by atomic mass is 35.5. The number of nitrogens with zero attached hydrogens (tertiary/aromatic N) is 3. The fourth-order valence-electron chi connectivity index (χ4n) is 1.73. The summed E-state index contributed by atoms with van der Waals surface area (Å²) >= 11 is 11.7. The van der Waals surface area contributed by atoms with Gasteiger partial charge in [0.2, 0.25) is 5.28 Å². The van der Waals surface area contributed by atoms with Crippen LogP contribution >= 0.6 is 23.2 Å². The Morgan fingerprint density at radius 2 is 1.89 bits per heavy atom. The van der Waals surface area contributed by atoms with Gasteiger partial charge in [-0.05, 0) is 29.3 Å². The number of H-pyrrole nitrogens is 1. The summed E-state index contributed by atoms with van der Waals surface area (Å²) < 4.78 is 0. The molecular weight excluding hydrogens is 285 g/mol. The van der Waals surface area contributed by atoms with Crippen LogP contribution in [0.15, 0.2) is 30.5 Å². The molecule has 0 aliphatic heterocycles. The predicted octanol–water partition coefficient (Wildman–Crippen LogP) is 3.27. The van der Waals surface area contributed by atoms with E-state index in [2.05, 4.69) is 25.5 Å². The second-order valence-corrected chi connectivity index (χ2v) is 4.73. The van der Waals surface area contributed by atoms with E-state index < -0.39 is 0 Å². The van der Waals surface area contributed by atoms with Crippen LogP contribution in [0.3, 0.4) is 0 Å². The van der Waals surface area contributed by atoms with Gasteiger partial charge in [0.05, 0.1) is 11.6 Å². The van der Waals surface area contributed by atoms with Crippen molar-refractivity contribution in [3.63, 3.8) is 0 Å². The molecule has 5 nitrogen and oxygen atoms in total. The molecule has 0 bridgehead atoms. The van der Waals surface area contributed by atoms with Crippen molar-refractivity contribution in [2.45, 2.75) is 6.54 Å². The number of nitrogens with one attached hydrogen (secondary N) is 2. The number of hydrogen-bond acceptors (Lipinski definition) is 4. The molecular formula is C12H9Cl2N5. The molecule has 0 aliphatic rings. The van der Waals surface area contributed by atoms with E-state index in [0.717, 1.165) is 10.9 Å². The molecule has 0 fully saturated rings. The van der Waals surface area contributed by atoms with Gasteiger partial charge in [-0.15, -0.1) is 0 Å². The Morgan fingerprint density at radius 3 is 2.68 bits per heavy atom. The average Bonchev–Trinajstić information content (AvgIpc) is 2.85. The lowest BCUT2D eigenvalue weighted by Crippen LogP contribution is -2.02. The van der Waals surface area contributed by atoms with Crippen LogP contribution in [0.25, 0.3) is 11.0 Å². The van der Waals surface area contributed by atoms with Gasteiger partial charge < -0.3 is 5.32 Å². The molecule has 3 aromatic rings. The summed E-state index contributed by atoms with van der Waals surface area (Å²) in [6, 6.07) is 7.59. The maximum absolute atomic E-state index is 5.86. The molecule has 0 saturated carbocycles. The standard InChI is InChI=1S/C12H9Cl2N5/c13-8-3-1-7(2-4-8)5-15-10-9-6-16-19-11(9)18-12(14)17-10/h1-4,6H,5H2,(H2,15,16,17,18,19). The Morgan fingerprint density at radius 1 is 1.11 bits per heavy atom. The molecule has 1 aromatic carbocycles. The van der Waals surface area contributed by atoms with Gasteiger partial charge in [0.1, 0.15) is 5.82 Å². The molecule has 2 aromatic heterocycles. The number of anilines is 1. The molecule has 0 amide bonds. The van der Waals surface area contributed by atoms with Crippen molar-refractivity contribution in [3.8, 4) is 0 Å². The smallest absolute Gasteiger partial charge is 0.226 e. The summed E-state index contributed by atoms with van der Waals surface area (Å²) in [6.45, 7) is 0.616. The summed E-state index contributed by atoms with van der Waals surface area (Å²) in [7, 11) is 0. The van der Waals surface area contributed by atoms with E-state index in [1.54, 1.807) is 6.20 Å². The highest BCUT2D eigenvalue weighted by molar-refractivity contribution is 6.30. The van der Waals surface area contributed by atoms with Gasteiger partial charge in [0.15, 0.2) is 5.65 Å². The SMILES string of the molecule is Clc1ccc(CNc2nc(Cl)nc3[nH]ncc23)cc1. The van der Waals surface area contributed by atoms with Crippen molar-refractivity contribution in [2.24, 2.45) is 0 Å². The lowest BCUT2D eigenvalue weighted by molar-refractivity contribution is 1.08.